The summed E-state index contributed by atoms with van der Waals surface area (Å²) in [6.07, 6.45) is 3.32. The second-order valence-electron chi connectivity index (χ2n) is 5.62. The maximum atomic E-state index is 12.4. The first-order chi connectivity index (χ1) is 11.4. The van der Waals surface area contributed by atoms with Crippen molar-refractivity contribution in [2.75, 3.05) is 21.2 Å². The van der Waals surface area contributed by atoms with Gasteiger partial charge in [0.15, 0.2) is 5.78 Å². The number of allylic oxidation sites excluding steroid dienone is 1. The number of ketones is 1. The van der Waals surface area contributed by atoms with Gasteiger partial charge in [-0.15, -0.1) is 0 Å². The predicted octanol–water partition coefficient (Wildman–Crippen LogP) is 4.96. The number of halogens is 2. The molecule has 5 heteroatoms. The molecule has 0 amide bonds. The predicted molar refractivity (Wildman–Crippen MR) is 100 cm³/mol. The van der Waals surface area contributed by atoms with Gasteiger partial charge in [-0.25, -0.2) is 0 Å². The van der Waals surface area contributed by atoms with Gasteiger partial charge < -0.3 is 9.64 Å². The minimum atomic E-state index is -0.164. The van der Waals surface area contributed by atoms with Gasteiger partial charge in [-0.05, 0) is 61.6 Å². The number of benzene rings is 2. The van der Waals surface area contributed by atoms with Gasteiger partial charge >= 0.3 is 0 Å². The fraction of sp³-hybridized carbons (Fsp3) is 0.211. The van der Waals surface area contributed by atoms with Gasteiger partial charge in [0.2, 0.25) is 0 Å². The molecule has 0 atom stereocenters. The summed E-state index contributed by atoms with van der Waals surface area (Å²) in [7, 11) is 5.62. The Labute approximate surface area is 152 Å². The molecule has 0 bridgehead atoms. The van der Waals surface area contributed by atoms with Crippen LogP contribution in [0.3, 0.4) is 0 Å². The number of carbonyl (C=O) groups excluding carboxylic acids is 1. The Morgan fingerprint density at radius 3 is 2.54 bits per heavy atom. The van der Waals surface area contributed by atoms with Crippen LogP contribution in [0.4, 0.5) is 0 Å². The minimum absolute atomic E-state index is 0.164. The monoisotopic (exact) mass is 363 g/mol. The fourth-order valence-corrected chi connectivity index (χ4v) is 2.80. The Kier molecular flexibility index (Phi) is 6.44. The summed E-state index contributed by atoms with van der Waals surface area (Å²) in [5, 5.41) is 0.851. The maximum Gasteiger partial charge on any atom is 0.187 e. The van der Waals surface area contributed by atoms with Gasteiger partial charge in [-0.1, -0.05) is 35.3 Å². The van der Waals surface area contributed by atoms with Crippen LogP contribution in [-0.2, 0) is 6.54 Å². The molecule has 24 heavy (non-hydrogen) atoms. The Balaban J connectivity index is 2.28. The van der Waals surface area contributed by atoms with Crippen LogP contribution in [0.5, 0.6) is 5.75 Å². The molecular formula is C19H19Cl2NO2. The molecule has 0 saturated carbocycles. The first-order valence-corrected chi connectivity index (χ1v) is 8.15. The van der Waals surface area contributed by atoms with Crippen molar-refractivity contribution in [3.8, 4) is 5.75 Å². The van der Waals surface area contributed by atoms with Crippen molar-refractivity contribution in [1.29, 1.82) is 0 Å². The van der Waals surface area contributed by atoms with Crippen molar-refractivity contribution in [1.82, 2.24) is 4.90 Å². The van der Waals surface area contributed by atoms with E-state index >= 15 is 0 Å². The summed E-state index contributed by atoms with van der Waals surface area (Å²) < 4.78 is 5.27. The van der Waals surface area contributed by atoms with Gasteiger partial charge in [0.1, 0.15) is 5.75 Å². The number of hydrogen-bond acceptors (Lipinski definition) is 3. The molecular weight excluding hydrogens is 345 g/mol. The summed E-state index contributed by atoms with van der Waals surface area (Å²) in [5.41, 5.74) is 2.47. The van der Waals surface area contributed by atoms with E-state index in [1.54, 1.807) is 31.4 Å². The van der Waals surface area contributed by atoms with Crippen LogP contribution in [-0.4, -0.2) is 31.9 Å². The summed E-state index contributed by atoms with van der Waals surface area (Å²) in [4.78, 5) is 14.4. The zero-order chi connectivity index (χ0) is 17.7. The normalized spacial score (nSPS) is 11.2. The standard InChI is InChI=1S/C19H19Cl2NO2/c1-22(2)12-14-10-16(24-3)7-4-13(14)5-9-19(23)17-8-6-15(20)11-18(17)21/h4-11H,12H2,1-3H3. The molecule has 0 aliphatic heterocycles. The maximum absolute atomic E-state index is 12.4. The Bertz CT molecular complexity index is 770. The van der Waals surface area contributed by atoms with Crippen LogP contribution in [0, 0.1) is 0 Å². The highest BCUT2D eigenvalue weighted by Gasteiger charge is 2.09. The highest BCUT2D eigenvalue weighted by atomic mass is 35.5. The zero-order valence-electron chi connectivity index (χ0n) is 13.8. The third-order valence-electron chi connectivity index (χ3n) is 3.45. The zero-order valence-corrected chi connectivity index (χ0v) is 15.4. The van der Waals surface area contributed by atoms with E-state index in [0.29, 0.717) is 15.6 Å². The molecule has 0 saturated heterocycles. The average molecular weight is 364 g/mol. The van der Waals surface area contributed by atoms with E-state index in [4.69, 9.17) is 27.9 Å². The average Bonchev–Trinajstić information content (AvgIpc) is 2.52. The summed E-state index contributed by atoms with van der Waals surface area (Å²) in [6, 6.07) is 10.6. The number of ether oxygens (including phenoxy) is 1. The molecule has 2 aromatic rings. The molecule has 0 aliphatic carbocycles. The molecule has 0 aliphatic rings. The van der Waals surface area contributed by atoms with E-state index in [1.807, 2.05) is 32.3 Å². The van der Waals surface area contributed by atoms with Gasteiger partial charge in [0.25, 0.3) is 0 Å². The SMILES string of the molecule is COc1ccc(C=CC(=O)c2ccc(Cl)cc2Cl)c(CN(C)C)c1. The van der Waals surface area contributed by atoms with E-state index in [9.17, 15) is 4.79 Å². The molecule has 0 spiro atoms. The van der Waals surface area contributed by atoms with Crippen molar-refractivity contribution in [3.63, 3.8) is 0 Å². The highest BCUT2D eigenvalue weighted by molar-refractivity contribution is 6.37. The summed E-state index contributed by atoms with van der Waals surface area (Å²) in [6.45, 7) is 0.743. The largest absolute Gasteiger partial charge is 0.497 e. The third-order valence-corrected chi connectivity index (χ3v) is 4.00. The van der Waals surface area contributed by atoms with Crippen LogP contribution in [0.15, 0.2) is 42.5 Å². The lowest BCUT2D eigenvalue weighted by Crippen LogP contribution is -2.11. The van der Waals surface area contributed by atoms with Gasteiger partial charge in [0, 0.05) is 17.1 Å². The number of methoxy groups -OCH3 is 1. The molecule has 0 fully saturated rings. The molecule has 3 nitrogen and oxygen atoms in total. The number of nitrogens with zero attached hydrogens (tertiary/aromatic N) is 1. The van der Waals surface area contributed by atoms with Crippen LogP contribution >= 0.6 is 23.2 Å². The van der Waals surface area contributed by atoms with Gasteiger partial charge in [0.05, 0.1) is 12.1 Å². The van der Waals surface area contributed by atoms with Crippen LogP contribution in [0.25, 0.3) is 6.08 Å². The first kappa shape index (κ1) is 18.5. The van der Waals surface area contributed by atoms with Crippen molar-refractivity contribution in [2.24, 2.45) is 0 Å². The molecule has 0 unspecified atom stereocenters. The lowest BCUT2D eigenvalue weighted by Gasteiger charge is -2.13. The van der Waals surface area contributed by atoms with Crippen molar-refractivity contribution < 1.29 is 9.53 Å². The Morgan fingerprint density at radius 1 is 1.17 bits per heavy atom. The molecule has 0 heterocycles. The molecule has 2 aromatic carbocycles. The van der Waals surface area contributed by atoms with Gasteiger partial charge in [-0.2, -0.15) is 0 Å². The van der Waals surface area contributed by atoms with E-state index in [-0.39, 0.29) is 5.78 Å². The number of hydrogen-bond donors (Lipinski definition) is 0. The lowest BCUT2D eigenvalue weighted by molar-refractivity contribution is 0.104. The van der Waals surface area contributed by atoms with Crippen molar-refractivity contribution in [3.05, 3.63) is 69.2 Å². The minimum Gasteiger partial charge on any atom is -0.497 e. The lowest BCUT2D eigenvalue weighted by atomic mass is 10.0. The number of rotatable bonds is 6. The van der Waals surface area contributed by atoms with E-state index in [0.717, 1.165) is 23.4 Å². The molecule has 0 radical (unpaired) electrons. The van der Waals surface area contributed by atoms with E-state index in [2.05, 4.69) is 4.90 Å². The second-order valence-corrected chi connectivity index (χ2v) is 6.47. The van der Waals surface area contributed by atoms with Crippen molar-refractivity contribution >= 4 is 35.1 Å². The second kappa shape index (κ2) is 8.34. The first-order valence-electron chi connectivity index (χ1n) is 7.40. The number of carbonyl (C=O) groups is 1. The van der Waals surface area contributed by atoms with E-state index in [1.165, 1.54) is 6.08 Å². The topological polar surface area (TPSA) is 29.5 Å². The third kappa shape index (κ3) is 4.84. The van der Waals surface area contributed by atoms with E-state index < -0.39 is 0 Å². The Morgan fingerprint density at radius 2 is 1.92 bits per heavy atom. The molecule has 126 valence electrons. The quantitative estimate of drug-likeness (QED) is 0.536. The van der Waals surface area contributed by atoms with Crippen LogP contribution < -0.4 is 4.74 Å². The van der Waals surface area contributed by atoms with Crippen molar-refractivity contribution in [2.45, 2.75) is 6.54 Å². The summed E-state index contributed by atoms with van der Waals surface area (Å²) in [5.74, 6) is 0.624. The van der Waals surface area contributed by atoms with Gasteiger partial charge in [-0.3, -0.25) is 4.79 Å². The Hall–Kier alpha value is -1.81. The van der Waals surface area contributed by atoms with Crippen LogP contribution in [0.1, 0.15) is 21.5 Å². The van der Waals surface area contributed by atoms with Crippen LogP contribution in [0.2, 0.25) is 10.0 Å². The molecule has 0 N–H and O–H groups in total. The molecule has 0 aromatic heterocycles. The highest BCUT2D eigenvalue weighted by Crippen LogP contribution is 2.23. The molecule has 2 rings (SSSR count). The summed E-state index contributed by atoms with van der Waals surface area (Å²) >= 11 is 11.9. The fourth-order valence-electron chi connectivity index (χ4n) is 2.29. The smallest absolute Gasteiger partial charge is 0.187 e.